The van der Waals surface area contributed by atoms with Crippen molar-refractivity contribution in [1.82, 2.24) is 4.90 Å². The number of nitrogens with one attached hydrogen (secondary N) is 1. The molecule has 1 aromatic rings. The Hall–Kier alpha value is -2.57. The lowest BCUT2D eigenvalue weighted by Gasteiger charge is -2.28. The molecule has 7 heteroatoms. The first-order chi connectivity index (χ1) is 13.6. The van der Waals surface area contributed by atoms with Crippen LogP contribution >= 0.6 is 0 Å². The van der Waals surface area contributed by atoms with Crippen molar-refractivity contribution < 1.29 is 19.1 Å². The lowest BCUT2D eigenvalue weighted by Crippen LogP contribution is -2.36. The number of nitrogens with zero attached hydrogens (tertiary/aromatic N) is 2. The zero-order valence-electron chi connectivity index (χ0n) is 16.3. The molecule has 1 aromatic carbocycles. The molecule has 0 aromatic heterocycles. The van der Waals surface area contributed by atoms with Crippen LogP contribution in [0.2, 0.25) is 0 Å². The molecule has 3 rings (SSSR count). The fraction of sp³-hybridized carbons (Fsp3) is 0.571. The maximum Gasteiger partial charge on any atom is 0.326 e. The van der Waals surface area contributed by atoms with Crippen molar-refractivity contribution in [2.75, 3.05) is 43.0 Å². The molecule has 2 heterocycles. The van der Waals surface area contributed by atoms with Crippen molar-refractivity contribution in [2.45, 2.75) is 44.9 Å². The number of piperidine rings is 1. The number of benzene rings is 1. The van der Waals surface area contributed by atoms with Crippen molar-refractivity contribution >= 4 is 29.2 Å². The van der Waals surface area contributed by atoms with Crippen LogP contribution in [0.25, 0.3) is 0 Å². The van der Waals surface area contributed by atoms with Crippen molar-refractivity contribution in [3.8, 4) is 0 Å². The first-order valence-electron chi connectivity index (χ1n) is 10.2. The Morgan fingerprint density at radius 1 is 0.929 bits per heavy atom. The average molecular weight is 387 g/mol. The summed E-state index contributed by atoms with van der Waals surface area (Å²) in [6, 6.07) is 7.72. The van der Waals surface area contributed by atoms with E-state index >= 15 is 0 Å². The minimum Gasteiger partial charge on any atom is -0.454 e. The summed E-state index contributed by atoms with van der Waals surface area (Å²) in [6.45, 7) is 2.28. The smallest absolute Gasteiger partial charge is 0.326 e. The summed E-state index contributed by atoms with van der Waals surface area (Å²) in [4.78, 5) is 39.8. The molecule has 2 fully saturated rings. The minimum atomic E-state index is -0.550. The Bertz CT molecular complexity index is 683. The van der Waals surface area contributed by atoms with Gasteiger partial charge in [-0.05, 0) is 56.4 Å². The molecule has 2 saturated heterocycles. The normalized spacial score (nSPS) is 17.8. The van der Waals surface area contributed by atoms with Crippen LogP contribution in [-0.4, -0.2) is 55.5 Å². The predicted octanol–water partition coefficient (Wildman–Crippen LogP) is 2.56. The molecule has 0 bridgehead atoms. The number of carbonyl (C=O) groups excluding carboxylic acids is 3. The SMILES string of the molecule is O=C(COC(=O)CN1CCCCCC1=O)Nc1ccc(N2CCCCC2)cc1. The molecule has 0 spiro atoms. The Kier molecular flexibility index (Phi) is 7.28. The lowest BCUT2D eigenvalue weighted by molar-refractivity contribution is -0.151. The summed E-state index contributed by atoms with van der Waals surface area (Å²) in [5.74, 6) is -0.959. The molecule has 2 aliphatic heterocycles. The molecule has 28 heavy (non-hydrogen) atoms. The zero-order valence-corrected chi connectivity index (χ0v) is 16.3. The second-order valence-corrected chi connectivity index (χ2v) is 7.43. The standard InChI is InChI=1S/C21H29N3O4/c25-19(16-28-21(27)15-24-14-4-1-3-7-20(24)26)22-17-8-10-18(11-9-17)23-12-5-2-6-13-23/h8-11H,1-7,12-16H2,(H,22,25). The van der Waals surface area contributed by atoms with Crippen LogP contribution in [0.1, 0.15) is 44.9 Å². The van der Waals surface area contributed by atoms with Gasteiger partial charge in [-0.2, -0.15) is 0 Å². The summed E-state index contributed by atoms with van der Waals surface area (Å²) in [7, 11) is 0. The van der Waals surface area contributed by atoms with E-state index < -0.39 is 5.97 Å². The van der Waals surface area contributed by atoms with Gasteiger partial charge in [0.15, 0.2) is 6.61 Å². The summed E-state index contributed by atoms with van der Waals surface area (Å²) < 4.78 is 5.03. The van der Waals surface area contributed by atoms with E-state index in [2.05, 4.69) is 10.2 Å². The number of likely N-dealkylation sites (tertiary alicyclic amines) is 1. The van der Waals surface area contributed by atoms with Gasteiger partial charge in [0.05, 0.1) is 0 Å². The molecule has 0 saturated carbocycles. The Morgan fingerprint density at radius 2 is 1.61 bits per heavy atom. The van der Waals surface area contributed by atoms with E-state index in [-0.39, 0.29) is 25.0 Å². The topological polar surface area (TPSA) is 79.0 Å². The minimum absolute atomic E-state index is 0.0207. The second-order valence-electron chi connectivity index (χ2n) is 7.43. The summed E-state index contributed by atoms with van der Waals surface area (Å²) in [5.41, 5.74) is 1.83. The number of ether oxygens (including phenoxy) is 1. The molecular weight excluding hydrogens is 358 g/mol. The van der Waals surface area contributed by atoms with E-state index in [1.807, 2.05) is 24.3 Å². The van der Waals surface area contributed by atoms with Gasteiger partial charge in [-0.25, -0.2) is 0 Å². The third-order valence-corrected chi connectivity index (χ3v) is 5.23. The summed E-state index contributed by atoms with van der Waals surface area (Å²) >= 11 is 0. The number of amides is 2. The number of rotatable bonds is 6. The molecule has 7 nitrogen and oxygen atoms in total. The number of hydrogen-bond acceptors (Lipinski definition) is 5. The molecule has 0 atom stereocenters. The molecular formula is C21H29N3O4. The number of esters is 1. The van der Waals surface area contributed by atoms with Crippen LogP contribution in [0, 0.1) is 0 Å². The van der Waals surface area contributed by atoms with Gasteiger partial charge < -0.3 is 19.9 Å². The summed E-state index contributed by atoms with van der Waals surface area (Å²) in [5, 5.41) is 2.73. The monoisotopic (exact) mass is 387 g/mol. The van der Waals surface area contributed by atoms with Gasteiger partial charge in [0.1, 0.15) is 6.54 Å². The van der Waals surface area contributed by atoms with Crippen LogP contribution < -0.4 is 10.2 Å². The van der Waals surface area contributed by atoms with Gasteiger partial charge in [0.25, 0.3) is 5.91 Å². The van der Waals surface area contributed by atoms with Gasteiger partial charge >= 0.3 is 5.97 Å². The third kappa shape index (κ3) is 5.97. The van der Waals surface area contributed by atoms with Gasteiger partial charge in [-0.3, -0.25) is 14.4 Å². The highest BCUT2D eigenvalue weighted by Crippen LogP contribution is 2.21. The Balaban J connectivity index is 1.41. The van der Waals surface area contributed by atoms with Crippen molar-refractivity contribution in [3.63, 3.8) is 0 Å². The fourth-order valence-electron chi connectivity index (χ4n) is 3.66. The van der Waals surface area contributed by atoms with E-state index in [0.717, 1.165) is 38.0 Å². The maximum atomic E-state index is 12.0. The van der Waals surface area contributed by atoms with Crippen molar-refractivity contribution in [3.05, 3.63) is 24.3 Å². The van der Waals surface area contributed by atoms with E-state index in [1.165, 1.54) is 24.2 Å². The van der Waals surface area contributed by atoms with Crippen LogP contribution in [-0.2, 0) is 19.1 Å². The highest BCUT2D eigenvalue weighted by Gasteiger charge is 2.20. The van der Waals surface area contributed by atoms with Gasteiger partial charge in [0.2, 0.25) is 5.91 Å². The van der Waals surface area contributed by atoms with E-state index in [1.54, 1.807) is 0 Å². The molecule has 0 aliphatic carbocycles. The molecule has 2 amide bonds. The first-order valence-corrected chi connectivity index (χ1v) is 10.2. The molecule has 0 unspecified atom stereocenters. The second kappa shape index (κ2) is 10.1. The van der Waals surface area contributed by atoms with E-state index in [9.17, 15) is 14.4 Å². The van der Waals surface area contributed by atoms with Crippen LogP contribution in [0.4, 0.5) is 11.4 Å². The van der Waals surface area contributed by atoms with Crippen molar-refractivity contribution in [2.24, 2.45) is 0 Å². The van der Waals surface area contributed by atoms with Crippen LogP contribution in [0.15, 0.2) is 24.3 Å². The van der Waals surface area contributed by atoms with E-state index in [4.69, 9.17) is 4.74 Å². The fourth-order valence-corrected chi connectivity index (χ4v) is 3.66. The first kappa shape index (κ1) is 20.2. The molecule has 0 radical (unpaired) electrons. The van der Waals surface area contributed by atoms with Crippen molar-refractivity contribution in [1.29, 1.82) is 0 Å². The maximum absolute atomic E-state index is 12.0. The Labute approximate surface area is 166 Å². The highest BCUT2D eigenvalue weighted by molar-refractivity contribution is 5.93. The van der Waals surface area contributed by atoms with Gasteiger partial charge in [0, 0.05) is 37.4 Å². The number of hydrogen-bond donors (Lipinski definition) is 1. The Morgan fingerprint density at radius 3 is 2.36 bits per heavy atom. The largest absolute Gasteiger partial charge is 0.454 e. The van der Waals surface area contributed by atoms with Gasteiger partial charge in [-0.15, -0.1) is 0 Å². The predicted molar refractivity (Wildman–Crippen MR) is 107 cm³/mol. The van der Waals surface area contributed by atoms with E-state index in [0.29, 0.717) is 18.7 Å². The van der Waals surface area contributed by atoms with Crippen LogP contribution in [0.3, 0.4) is 0 Å². The molecule has 2 aliphatic rings. The third-order valence-electron chi connectivity index (χ3n) is 5.23. The number of anilines is 2. The molecule has 152 valence electrons. The quantitative estimate of drug-likeness (QED) is 0.759. The van der Waals surface area contributed by atoms with Gasteiger partial charge in [-0.1, -0.05) is 6.42 Å². The zero-order chi connectivity index (χ0) is 19.8. The average Bonchev–Trinajstić information content (AvgIpc) is 2.92. The highest BCUT2D eigenvalue weighted by atomic mass is 16.5. The lowest BCUT2D eigenvalue weighted by atomic mass is 10.1. The molecule has 1 N–H and O–H groups in total. The number of carbonyl (C=O) groups is 3. The summed E-state index contributed by atoms with van der Waals surface area (Å²) in [6.07, 6.45) is 6.95. The van der Waals surface area contributed by atoms with Crippen LogP contribution in [0.5, 0.6) is 0 Å².